The molecule has 2 heterocycles. The molecule has 2 aromatic heterocycles. The first kappa shape index (κ1) is 19.3. The van der Waals surface area contributed by atoms with Gasteiger partial charge in [-0.1, -0.05) is 18.2 Å². The van der Waals surface area contributed by atoms with Crippen LogP contribution in [-0.4, -0.2) is 35.2 Å². The second-order valence-corrected chi connectivity index (χ2v) is 8.28. The number of thiophene rings is 2. The van der Waals surface area contributed by atoms with Crippen LogP contribution in [0.4, 0.5) is 0 Å². The van der Waals surface area contributed by atoms with Crippen LogP contribution in [0.15, 0.2) is 59.3 Å². The van der Waals surface area contributed by atoms with Crippen molar-refractivity contribution in [2.24, 2.45) is 0 Å². The highest BCUT2D eigenvalue weighted by Crippen LogP contribution is 2.20. The zero-order chi connectivity index (χ0) is 19.2. The van der Waals surface area contributed by atoms with Crippen LogP contribution < -0.4 is 0 Å². The summed E-state index contributed by atoms with van der Waals surface area (Å²) in [6.07, 6.45) is 0. The maximum absolute atomic E-state index is 13.2. The van der Waals surface area contributed by atoms with Crippen LogP contribution in [-0.2, 0) is 13.1 Å². The molecule has 27 heavy (non-hydrogen) atoms. The van der Waals surface area contributed by atoms with Gasteiger partial charge in [-0.15, -0.1) is 22.7 Å². The Balaban J connectivity index is 1.85. The van der Waals surface area contributed by atoms with Crippen LogP contribution in [0.5, 0.6) is 0 Å². The summed E-state index contributed by atoms with van der Waals surface area (Å²) in [5.41, 5.74) is 1.08. The highest BCUT2D eigenvalue weighted by molar-refractivity contribution is 7.10. The van der Waals surface area contributed by atoms with Gasteiger partial charge < -0.3 is 9.80 Å². The predicted octanol–water partition coefficient (Wildman–Crippen LogP) is 4.74. The first-order valence-electron chi connectivity index (χ1n) is 8.78. The third-order valence-electron chi connectivity index (χ3n) is 4.32. The number of rotatable bonds is 7. The van der Waals surface area contributed by atoms with Gasteiger partial charge >= 0.3 is 0 Å². The summed E-state index contributed by atoms with van der Waals surface area (Å²) in [5.74, 6) is -0.138. The largest absolute Gasteiger partial charge is 0.342 e. The van der Waals surface area contributed by atoms with E-state index in [1.807, 2.05) is 46.8 Å². The van der Waals surface area contributed by atoms with E-state index in [1.165, 1.54) is 0 Å². The summed E-state index contributed by atoms with van der Waals surface area (Å²) < 4.78 is 0. The lowest BCUT2D eigenvalue weighted by atomic mass is 10.1. The van der Waals surface area contributed by atoms with Crippen molar-refractivity contribution in [2.45, 2.75) is 20.0 Å². The van der Waals surface area contributed by atoms with Gasteiger partial charge in [0, 0.05) is 34.5 Å². The van der Waals surface area contributed by atoms with E-state index in [1.54, 1.807) is 58.9 Å². The number of carbonyl (C=O) groups excluding carboxylic acids is 2. The second kappa shape index (κ2) is 8.97. The van der Waals surface area contributed by atoms with Gasteiger partial charge in [-0.25, -0.2) is 0 Å². The molecule has 0 fully saturated rings. The van der Waals surface area contributed by atoms with Gasteiger partial charge in [0.05, 0.1) is 13.1 Å². The van der Waals surface area contributed by atoms with E-state index >= 15 is 0 Å². The molecule has 2 amide bonds. The lowest BCUT2D eigenvalue weighted by molar-refractivity contribution is 0.0733. The molecule has 0 radical (unpaired) electrons. The van der Waals surface area contributed by atoms with Crippen molar-refractivity contribution in [2.75, 3.05) is 13.6 Å². The summed E-state index contributed by atoms with van der Waals surface area (Å²) >= 11 is 3.28. The molecule has 0 aliphatic heterocycles. The monoisotopic (exact) mass is 398 g/mol. The Bertz CT molecular complexity index is 853. The second-order valence-electron chi connectivity index (χ2n) is 6.22. The van der Waals surface area contributed by atoms with Crippen molar-refractivity contribution in [3.8, 4) is 0 Å². The molecule has 140 valence electrons. The SMILES string of the molecule is CCN(C)C(=O)c1cccc(C(=O)N(Cc2cccs2)Cc2cccs2)c1. The molecule has 3 rings (SSSR count). The molecule has 0 spiro atoms. The molecule has 0 atom stereocenters. The maximum Gasteiger partial charge on any atom is 0.254 e. The van der Waals surface area contributed by atoms with Crippen LogP contribution in [0.2, 0.25) is 0 Å². The summed E-state index contributed by atoms with van der Waals surface area (Å²) in [6.45, 7) is 3.67. The van der Waals surface area contributed by atoms with E-state index < -0.39 is 0 Å². The molecule has 0 saturated carbocycles. The van der Waals surface area contributed by atoms with Crippen molar-refractivity contribution < 1.29 is 9.59 Å². The van der Waals surface area contributed by atoms with Gasteiger partial charge in [-0.05, 0) is 48.0 Å². The van der Waals surface area contributed by atoms with Crippen LogP contribution in [0.25, 0.3) is 0 Å². The lowest BCUT2D eigenvalue weighted by Gasteiger charge is -2.22. The van der Waals surface area contributed by atoms with Crippen molar-refractivity contribution in [3.05, 3.63) is 80.2 Å². The molecule has 4 nitrogen and oxygen atoms in total. The van der Waals surface area contributed by atoms with E-state index in [0.29, 0.717) is 30.8 Å². The quantitative estimate of drug-likeness (QED) is 0.576. The van der Waals surface area contributed by atoms with Gasteiger partial charge in [-0.3, -0.25) is 9.59 Å². The molecule has 0 aliphatic carbocycles. The Labute approximate surface area is 167 Å². The Morgan fingerprint density at radius 3 is 1.89 bits per heavy atom. The zero-order valence-electron chi connectivity index (χ0n) is 15.4. The molecule has 0 bridgehead atoms. The molecule has 0 aliphatic rings. The summed E-state index contributed by atoms with van der Waals surface area (Å²) in [4.78, 5) is 31.4. The number of benzene rings is 1. The van der Waals surface area contributed by atoms with E-state index in [-0.39, 0.29) is 11.8 Å². The van der Waals surface area contributed by atoms with Gasteiger partial charge in [0.15, 0.2) is 0 Å². The maximum atomic E-state index is 13.2. The van der Waals surface area contributed by atoms with E-state index in [9.17, 15) is 9.59 Å². The summed E-state index contributed by atoms with van der Waals surface area (Å²) in [7, 11) is 1.76. The minimum Gasteiger partial charge on any atom is -0.342 e. The fourth-order valence-electron chi connectivity index (χ4n) is 2.71. The highest BCUT2D eigenvalue weighted by atomic mass is 32.1. The number of hydrogen-bond acceptors (Lipinski definition) is 4. The highest BCUT2D eigenvalue weighted by Gasteiger charge is 2.19. The topological polar surface area (TPSA) is 40.6 Å². The van der Waals surface area contributed by atoms with Crippen LogP contribution in [0.3, 0.4) is 0 Å². The average Bonchev–Trinajstić information content (AvgIpc) is 3.40. The molecular weight excluding hydrogens is 376 g/mol. The normalized spacial score (nSPS) is 10.6. The van der Waals surface area contributed by atoms with Crippen LogP contribution in [0.1, 0.15) is 37.4 Å². The number of hydrogen-bond donors (Lipinski definition) is 0. The average molecular weight is 399 g/mol. The molecular formula is C21H22N2O2S2. The first-order chi connectivity index (χ1) is 13.1. The molecule has 0 saturated heterocycles. The molecule has 0 unspecified atom stereocenters. The van der Waals surface area contributed by atoms with E-state index in [0.717, 1.165) is 9.75 Å². The molecule has 6 heteroatoms. The third kappa shape index (κ3) is 4.84. The number of amides is 2. The Hall–Kier alpha value is -2.44. The fraction of sp³-hybridized carbons (Fsp3) is 0.238. The zero-order valence-corrected chi connectivity index (χ0v) is 17.1. The first-order valence-corrected chi connectivity index (χ1v) is 10.5. The van der Waals surface area contributed by atoms with Crippen LogP contribution in [0, 0.1) is 0 Å². The third-order valence-corrected chi connectivity index (χ3v) is 6.04. The standard InChI is InChI=1S/C21H22N2O2S2/c1-3-22(2)20(24)16-7-4-8-17(13-16)21(25)23(14-18-9-5-11-26-18)15-19-10-6-12-27-19/h4-13H,3,14-15H2,1-2H3. The number of nitrogens with zero attached hydrogens (tertiary/aromatic N) is 2. The van der Waals surface area contributed by atoms with Crippen LogP contribution >= 0.6 is 22.7 Å². The Morgan fingerprint density at radius 2 is 1.41 bits per heavy atom. The van der Waals surface area contributed by atoms with E-state index in [4.69, 9.17) is 0 Å². The van der Waals surface area contributed by atoms with Gasteiger partial charge in [0.1, 0.15) is 0 Å². The predicted molar refractivity (Wildman–Crippen MR) is 111 cm³/mol. The molecule has 3 aromatic rings. The Kier molecular flexibility index (Phi) is 6.42. The Morgan fingerprint density at radius 1 is 0.852 bits per heavy atom. The summed E-state index contributed by atoms with van der Waals surface area (Å²) in [5, 5.41) is 4.03. The van der Waals surface area contributed by atoms with Crippen molar-refractivity contribution in [3.63, 3.8) is 0 Å². The van der Waals surface area contributed by atoms with Gasteiger partial charge in [0.2, 0.25) is 0 Å². The molecule has 1 aromatic carbocycles. The van der Waals surface area contributed by atoms with Crippen molar-refractivity contribution >= 4 is 34.5 Å². The summed E-state index contributed by atoms with van der Waals surface area (Å²) in [6, 6.07) is 15.1. The van der Waals surface area contributed by atoms with Gasteiger partial charge in [0.25, 0.3) is 11.8 Å². The van der Waals surface area contributed by atoms with Crippen molar-refractivity contribution in [1.82, 2.24) is 9.80 Å². The van der Waals surface area contributed by atoms with E-state index in [2.05, 4.69) is 0 Å². The minimum atomic E-state index is -0.0739. The fourth-order valence-corrected chi connectivity index (χ4v) is 4.15. The smallest absolute Gasteiger partial charge is 0.254 e. The lowest BCUT2D eigenvalue weighted by Crippen LogP contribution is -2.30. The number of carbonyl (C=O) groups is 2. The van der Waals surface area contributed by atoms with Gasteiger partial charge in [-0.2, -0.15) is 0 Å². The minimum absolute atomic E-state index is 0.0643. The molecule has 0 N–H and O–H groups in total. The van der Waals surface area contributed by atoms with Crippen molar-refractivity contribution in [1.29, 1.82) is 0 Å².